The molecule has 2 heteroatoms. The van der Waals surface area contributed by atoms with E-state index < -0.39 is 0 Å². The molecule has 1 aliphatic carbocycles. The summed E-state index contributed by atoms with van der Waals surface area (Å²) in [7, 11) is 0. The van der Waals surface area contributed by atoms with Crippen LogP contribution in [-0.4, -0.2) is 9.75 Å². The van der Waals surface area contributed by atoms with Crippen molar-refractivity contribution in [2.75, 3.05) is 0 Å². The van der Waals surface area contributed by atoms with Crippen molar-refractivity contribution in [3.05, 3.63) is 0 Å². The molecule has 0 radical (unpaired) electrons. The Morgan fingerprint density at radius 3 is 2.00 bits per heavy atom. The minimum atomic E-state index is -0.0482. The lowest BCUT2D eigenvalue weighted by Gasteiger charge is -2.37. The lowest BCUT2D eigenvalue weighted by Crippen LogP contribution is -2.33. The van der Waals surface area contributed by atoms with E-state index in [1.807, 2.05) is 0 Å². The van der Waals surface area contributed by atoms with Crippen LogP contribution >= 0.6 is 23.2 Å². The summed E-state index contributed by atoms with van der Waals surface area (Å²) < 4.78 is 0. The molecule has 1 saturated carbocycles. The Morgan fingerprint density at radius 1 is 1.25 bits per heavy atom. The average molecular weight is 209 g/mol. The Labute approximate surface area is 85.6 Å². The molecule has 1 rings (SSSR count). The quantitative estimate of drug-likeness (QED) is 0.568. The van der Waals surface area contributed by atoms with Crippen LogP contribution in [0.25, 0.3) is 0 Å². The predicted molar refractivity (Wildman–Crippen MR) is 56.1 cm³/mol. The molecule has 12 heavy (non-hydrogen) atoms. The molecule has 0 N–H and O–H groups in total. The maximum absolute atomic E-state index is 6.26. The Balaban J connectivity index is 2.47. The van der Waals surface area contributed by atoms with Crippen molar-refractivity contribution in [3.8, 4) is 0 Å². The number of hydrogen-bond acceptors (Lipinski definition) is 0. The van der Waals surface area contributed by atoms with Crippen molar-refractivity contribution < 1.29 is 0 Å². The fraction of sp³-hybridized carbons (Fsp3) is 1.00. The van der Waals surface area contributed by atoms with Gasteiger partial charge in [-0.1, -0.05) is 0 Å². The molecule has 0 bridgehead atoms. The van der Waals surface area contributed by atoms with Crippen molar-refractivity contribution in [2.24, 2.45) is 5.92 Å². The number of rotatable bonds is 1. The van der Waals surface area contributed by atoms with Gasteiger partial charge in [0.15, 0.2) is 0 Å². The fourth-order valence-electron chi connectivity index (χ4n) is 1.91. The van der Waals surface area contributed by atoms with E-state index in [4.69, 9.17) is 23.2 Å². The highest BCUT2D eigenvalue weighted by molar-refractivity contribution is 6.24. The summed E-state index contributed by atoms with van der Waals surface area (Å²) >= 11 is 12.5. The van der Waals surface area contributed by atoms with E-state index in [0.29, 0.717) is 5.92 Å². The van der Waals surface area contributed by atoms with Crippen LogP contribution in [0.5, 0.6) is 0 Å². The van der Waals surface area contributed by atoms with E-state index in [1.54, 1.807) is 0 Å². The topological polar surface area (TPSA) is 0 Å². The molecule has 0 atom stereocenters. The van der Waals surface area contributed by atoms with Crippen molar-refractivity contribution in [1.29, 1.82) is 0 Å². The van der Waals surface area contributed by atoms with Gasteiger partial charge in [-0.2, -0.15) is 0 Å². The van der Waals surface area contributed by atoms with Crippen LogP contribution < -0.4 is 0 Å². The molecule has 0 aromatic rings. The summed E-state index contributed by atoms with van der Waals surface area (Å²) in [5.74, 6) is 0.644. The molecule has 1 aliphatic rings. The molecule has 0 nitrogen and oxygen atoms in total. The highest BCUT2D eigenvalue weighted by atomic mass is 35.5. The van der Waals surface area contributed by atoms with Gasteiger partial charge in [0.2, 0.25) is 0 Å². The number of halogens is 2. The Kier molecular flexibility index (Phi) is 3.00. The van der Waals surface area contributed by atoms with E-state index in [9.17, 15) is 0 Å². The molecule has 0 amide bonds. The molecule has 72 valence electrons. The van der Waals surface area contributed by atoms with Gasteiger partial charge in [-0.25, -0.2) is 0 Å². The average Bonchev–Trinajstić information content (AvgIpc) is 1.83. The first-order chi connectivity index (χ1) is 5.31. The maximum Gasteiger partial charge on any atom is 0.0419 e. The molecule has 1 fully saturated rings. The van der Waals surface area contributed by atoms with Gasteiger partial charge in [-0.3, -0.25) is 0 Å². The molecule has 0 aromatic heterocycles. The monoisotopic (exact) mass is 208 g/mol. The van der Waals surface area contributed by atoms with Crippen molar-refractivity contribution >= 4 is 23.2 Å². The Bertz CT molecular complexity index is 146. The SMILES string of the molecule is CC1(Cl)CCC(C(C)(C)Cl)CC1. The van der Waals surface area contributed by atoms with Crippen molar-refractivity contribution in [2.45, 2.75) is 56.2 Å². The first-order valence-electron chi connectivity index (χ1n) is 4.69. The van der Waals surface area contributed by atoms with E-state index in [1.165, 1.54) is 12.8 Å². The van der Waals surface area contributed by atoms with Gasteiger partial charge in [0.1, 0.15) is 0 Å². The Hall–Kier alpha value is 0.580. The van der Waals surface area contributed by atoms with Crippen molar-refractivity contribution in [3.63, 3.8) is 0 Å². The van der Waals surface area contributed by atoms with Crippen LogP contribution in [0, 0.1) is 5.92 Å². The fourth-order valence-corrected chi connectivity index (χ4v) is 2.34. The largest absolute Gasteiger partial charge is 0.120 e. The van der Waals surface area contributed by atoms with Crippen LogP contribution in [0.3, 0.4) is 0 Å². The normalized spacial score (nSPS) is 38.2. The highest BCUT2D eigenvalue weighted by Gasteiger charge is 2.35. The van der Waals surface area contributed by atoms with Crippen LogP contribution in [-0.2, 0) is 0 Å². The molecule has 0 aliphatic heterocycles. The number of hydrogen-bond donors (Lipinski definition) is 0. The minimum absolute atomic E-state index is 0.0403. The summed E-state index contributed by atoms with van der Waals surface area (Å²) in [6.07, 6.45) is 4.57. The van der Waals surface area contributed by atoms with Crippen LogP contribution in [0.2, 0.25) is 0 Å². The smallest absolute Gasteiger partial charge is 0.0419 e. The Morgan fingerprint density at radius 2 is 1.67 bits per heavy atom. The predicted octanol–water partition coefficient (Wildman–Crippen LogP) is 4.19. The molecule has 0 aromatic carbocycles. The molecular weight excluding hydrogens is 191 g/mol. The first kappa shape index (κ1) is 10.7. The molecule has 0 unspecified atom stereocenters. The minimum Gasteiger partial charge on any atom is -0.120 e. The van der Waals surface area contributed by atoms with E-state index in [0.717, 1.165) is 12.8 Å². The van der Waals surface area contributed by atoms with Crippen LogP contribution in [0.4, 0.5) is 0 Å². The van der Waals surface area contributed by atoms with Gasteiger partial charge >= 0.3 is 0 Å². The first-order valence-corrected chi connectivity index (χ1v) is 5.45. The van der Waals surface area contributed by atoms with Gasteiger partial charge in [0.25, 0.3) is 0 Å². The van der Waals surface area contributed by atoms with E-state index in [2.05, 4.69) is 20.8 Å². The van der Waals surface area contributed by atoms with Gasteiger partial charge < -0.3 is 0 Å². The maximum atomic E-state index is 6.26. The van der Waals surface area contributed by atoms with Crippen LogP contribution in [0.15, 0.2) is 0 Å². The lowest BCUT2D eigenvalue weighted by molar-refractivity contribution is 0.264. The third-order valence-electron chi connectivity index (χ3n) is 3.00. The zero-order valence-corrected chi connectivity index (χ0v) is 9.67. The summed E-state index contributed by atoms with van der Waals surface area (Å²) in [5, 5.41) is 0. The second-order valence-electron chi connectivity index (χ2n) is 4.75. The summed E-state index contributed by atoms with van der Waals surface area (Å²) in [5.41, 5.74) is 0. The molecule has 0 saturated heterocycles. The van der Waals surface area contributed by atoms with Crippen molar-refractivity contribution in [1.82, 2.24) is 0 Å². The van der Waals surface area contributed by atoms with E-state index >= 15 is 0 Å². The summed E-state index contributed by atoms with van der Waals surface area (Å²) in [6.45, 7) is 6.35. The van der Waals surface area contributed by atoms with Gasteiger partial charge in [0, 0.05) is 9.75 Å². The zero-order valence-electron chi connectivity index (χ0n) is 8.16. The molecular formula is C10H18Cl2. The number of alkyl halides is 2. The zero-order chi connectivity index (χ0) is 9.41. The molecule has 0 heterocycles. The van der Waals surface area contributed by atoms with Crippen LogP contribution in [0.1, 0.15) is 46.5 Å². The second-order valence-corrected chi connectivity index (χ2v) is 6.64. The van der Waals surface area contributed by atoms with Gasteiger partial charge in [-0.15, -0.1) is 23.2 Å². The lowest BCUT2D eigenvalue weighted by atomic mass is 9.77. The summed E-state index contributed by atoms with van der Waals surface area (Å²) in [6, 6.07) is 0. The van der Waals surface area contributed by atoms with Gasteiger partial charge in [0.05, 0.1) is 0 Å². The van der Waals surface area contributed by atoms with E-state index in [-0.39, 0.29) is 9.75 Å². The highest BCUT2D eigenvalue weighted by Crippen LogP contribution is 2.42. The summed E-state index contributed by atoms with van der Waals surface area (Å²) in [4.78, 5) is -0.00791. The standard InChI is InChI=1S/C10H18Cl2/c1-9(2,11)8-4-6-10(3,12)7-5-8/h8H,4-7H2,1-3H3. The second kappa shape index (κ2) is 3.38. The third kappa shape index (κ3) is 2.81. The molecule has 0 spiro atoms. The van der Waals surface area contributed by atoms with Gasteiger partial charge in [-0.05, 0) is 52.4 Å². The third-order valence-corrected chi connectivity index (χ3v) is 3.69.